The summed E-state index contributed by atoms with van der Waals surface area (Å²) in [6.45, 7) is 1.42. The topological polar surface area (TPSA) is 54.4 Å². The monoisotopic (exact) mass is 194 g/mol. The molecule has 0 rings (SSSR count). The largest absolute Gasteiger partial charge is 0.481 e. The number of carboxylic acid groups (broad SMARTS) is 1. The molecule has 0 amide bonds. The zero-order chi connectivity index (χ0) is 8.85. The van der Waals surface area contributed by atoms with E-state index in [-0.39, 0.29) is 10.9 Å². The number of thioether (sulfide) groups is 1. The van der Waals surface area contributed by atoms with Crippen molar-refractivity contribution in [3.63, 3.8) is 0 Å². The number of hydrogen-bond acceptors (Lipinski definition) is 4. The van der Waals surface area contributed by atoms with Gasteiger partial charge in [0.05, 0.1) is 5.92 Å². The summed E-state index contributed by atoms with van der Waals surface area (Å²) >= 11 is 4.88. The molecule has 0 aliphatic rings. The third kappa shape index (κ3) is 5.15. The van der Waals surface area contributed by atoms with Crippen LogP contribution >= 0.6 is 24.4 Å². The van der Waals surface area contributed by atoms with Crippen molar-refractivity contribution in [1.29, 1.82) is 0 Å². The quantitative estimate of drug-likeness (QED) is 0.653. The van der Waals surface area contributed by atoms with Crippen LogP contribution in [0.3, 0.4) is 0 Å². The Morgan fingerprint density at radius 2 is 2.18 bits per heavy atom. The molecule has 0 bridgehead atoms. The fourth-order valence-corrected chi connectivity index (χ4v) is 1.58. The van der Waals surface area contributed by atoms with E-state index in [1.165, 1.54) is 6.92 Å². The summed E-state index contributed by atoms with van der Waals surface area (Å²) < 4.78 is 0. The van der Waals surface area contributed by atoms with E-state index < -0.39 is 11.9 Å². The fourth-order valence-electron chi connectivity index (χ4n) is 0.420. The van der Waals surface area contributed by atoms with Crippen LogP contribution in [0.4, 0.5) is 0 Å². The molecule has 0 heterocycles. The van der Waals surface area contributed by atoms with Gasteiger partial charge in [0, 0.05) is 18.4 Å². The second-order valence-corrected chi connectivity index (χ2v) is 3.58. The molecule has 1 unspecified atom stereocenters. The van der Waals surface area contributed by atoms with E-state index in [1.807, 2.05) is 0 Å². The van der Waals surface area contributed by atoms with Crippen molar-refractivity contribution in [1.82, 2.24) is 0 Å². The summed E-state index contributed by atoms with van der Waals surface area (Å²) in [7, 11) is 0. The molecule has 0 aromatic rings. The summed E-state index contributed by atoms with van der Waals surface area (Å²) in [6.07, 6.45) is 0. The van der Waals surface area contributed by atoms with Gasteiger partial charge >= 0.3 is 5.97 Å². The van der Waals surface area contributed by atoms with Gasteiger partial charge in [0.1, 0.15) is 0 Å². The SMILES string of the molecule is CC(=O)SCC(CS)C(=O)O. The maximum atomic E-state index is 10.4. The number of carbonyl (C=O) groups excluding carboxylic acids is 1. The summed E-state index contributed by atoms with van der Waals surface area (Å²) in [5.74, 6) is -0.829. The van der Waals surface area contributed by atoms with E-state index in [0.717, 1.165) is 11.8 Å². The van der Waals surface area contributed by atoms with Gasteiger partial charge in [0.15, 0.2) is 5.12 Å². The van der Waals surface area contributed by atoms with E-state index >= 15 is 0 Å². The molecule has 0 radical (unpaired) electrons. The fraction of sp³-hybridized carbons (Fsp3) is 0.667. The highest BCUT2D eigenvalue weighted by molar-refractivity contribution is 8.13. The van der Waals surface area contributed by atoms with Crippen molar-refractivity contribution in [3.05, 3.63) is 0 Å². The molecule has 0 spiro atoms. The van der Waals surface area contributed by atoms with Crippen molar-refractivity contribution in [2.75, 3.05) is 11.5 Å². The van der Waals surface area contributed by atoms with Gasteiger partial charge in [0.2, 0.25) is 0 Å². The summed E-state index contributed by atoms with van der Waals surface area (Å²) in [5.41, 5.74) is 0. The van der Waals surface area contributed by atoms with Crippen molar-refractivity contribution < 1.29 is 14.7 Å². The van der Waals surface area contributed by atoms with Gasteiger partial charge in [0.25, 0.3) is 0 Å². The molecule has 11 heavy (non-hydrogen) atoms. The summed E-state index contributed by atoms with van der Waals surface area (Å²) in [5, 5.41) is 8.46. The molecule has 0 aromatic heterocycles. The van der Waals surface area contributed by atoms with Crippen LogP contribution in [0, 0.1) is 5.92 Å². The Hall–Kier alpha value is -0.160. The Morgan fingerprint density at radius 3 is 2.45 bits per heavy atom. The maximum absolute atomic E-state index is 10.4. The first-order valence-corrected chi connectivity index (χ1v) is 4.66. The first kappa shape index (κ1) is 10.8. The number of carboxylic acids is 1. The first-order chi connectivity index (χ1) is 5.07. The van der Waals surface area contributed by atoms with Gasteiger partial charge in [-0.25, -0.2) is 0 Å². The number of aliphatic carboxylic acids is 1. The molecule has 1 atom stereocenters. The molecule has 0 aliphatic carbocycles. The number of carbonyl (C=O) groups is 2. The number of rotatable bonds is 4. The normalized spacial score (nSPS) is 12.5. The van der Waals surface area contributed by atoms with Gasteiger partial charge in [-0.15, -0.1) is 0 Å². The molecule has 0 saturated heterocycles. The average molecular weight is 194 g/mol. The highest BCUT2D eigenvalue weighted by atomic mass is 32.2. The first-order valence-electron chi connectivity index (χ1n) is 3.05. The lowest BCUT2D eigenvalue weighted by Gasteiger charge is -2.05. The van der Waals surface area contributed by atoms with Gasteiger partial charge in [-0.05, 0) is 0 Å². The molecule has 64 valence electrons. The van der Waals surface area contributed by atoms with E-state index in [9.17, 15) is 9.59 Å². The Kier molecular flexibility index (Phi) is 5.41. The number of thiol groups is 1. The smallest absolute Gasteiger partial charge is 0.308 e. The van der Waals surface area contributed by atoms with Crippen molar-refractivity contribution in [2.24, 2.45) is 5.92 Å². The Morgan fingerprint density at radius 1 is 1.64 bits per heavy atom. The highest BCUT2D eigenvalue weighted by Gasteiger charge is 2.15. The molecule has 5 heteroatoms. The predicted octanol–water partition coefficient (Wildman–Crippen LogP) is 0.897. The Labute approximate surface area is 75.0 Å². The van der Waals surface area contributed by atoms with Gasteiger partial charge in [-0.1, -0.05) is 11.8 Å². The zero-order valence-corrected chi connectivity index (χ0v) is 7.82. The lowest BCUT2D eigenvalue weighted by atomic mass is 10.2. The van der Waals surface area contributed by atoms with E-state index in [2.05, 4.69) is 12.6 Å². The van der Waals surface area contributed by atoms with E-state index in [4.69, 9.17) is 5.11 Å². The Bertz CT molecular complexity index is 158. The molecule has 0 saturated carbocycles. The molecule has 1 N–H and O–H groups in total. The van der Waals surface area contributed by atoms with E-state index in [1.54, 1.807) is 0 Å². The van der Waals surface area contributed by atoms with Crippen molar-refractivity contribution >= 4 is 35.5 Å². The average Bonchev–Trinajstić information content (AvgIpc) is 1.87. The third-order valence-electron chi connectivity index (χ3n) is 1.06. The maximum Gasteiger partial charge on any atom is 0.308 e. The molecule has 0 aliphatic heterocycles. The second-order valence-electron chi connectivity index (χ2n) is 2.02. The minimum Gasteiger partial charge on any atom is -0.481 e. The van der Waals surface area contributed by atoms with Crippen molar-refractivity contribution in [3.8, 4) is 0 Å². The molecule has 3 nitrogen and oxygen atoms in total. The minimum absolute atomic E-state index is 0.0574. The third-order valence-corrected chi connectivity index (χ3v) is 2.47. The van der Waals surface area contributed by atoms with Crippen molar-refractivity contribution in [2.45, 2.75) is 6.92 Å². The van der Waals surface area contributed by atoms with Crippen LogP contribution in [0.25, 0.3) is 0 Å². The van der Waals surface area contributed by atoms with Crippen LogP contribution in [0.5, 0.6) is 0 Å². The minimum atomic E-state index is -0.895. The van der Waals surface area contributed by atoms with Crippen LogP contribution in [0.2, 0.25) is 0 Å². The van der Waals surface area contributed by atoms with Crippen LogP contribution in [-0.4, -0.2) is 27.7 Å². The van der Waals surface area contributed by atoms with Crippen LogP contribution in [0.1, 0.15) is 6.92 Å². The van der Waals surface area contributed by atoms with Crippen LogP contribution in [0.15, 0.2) is 0 Å². The summed E-state index contributed by atoms with van der Waals surface area (Å²) in [4.78, 5) is 20.8. The highest BCUT2D eigenvalue weighted by Crippen LogP contribution is 2.10. The van der Waals surface area contributed by atoms with Crippen LogP contribution in [-0.2, 0) is 9.59 Å². The molecule has 0 aromatic carbocycles. The van der Waals surface area contributed by atoms with Gasteiger partial charge in [-0.2, -0.15) is 12.6 Å². The lowest BCUT2D eigenvalue weighted by Crippen LogP contribution is -2.18. The van der Waals surface area contributed by atoms with E-state index in [0.29, 0.717) is 5.75 Å². The second kappa shape index (κ2) is 5.49. The molecular weight excluding hydrogens is 184 g/mol. The standard InChI is InChI=1S/C6H10O3S2/c1-4(7)11-3-5(2-10)6(8)9/h5,10H,2-3H2,1H3,(H,8,9). The Balaban J connectivity index is 3.70. The molecule has 0 fully saturated rings. The van der Waals surface area contributed by atoms with Gasteiger partial charge < -0.3 is 5.11 Å². The van der Waals surface area contributed by atoms with Gasteiger partial charge in [-0.3, -0.25) is 9.59 Å². The predicted molar refractivity (Wildman–Crippen MR) is 48.1 cm³/mol. The van der Waals surface area contributed by atoms with Crippen LogP contribution < -0.4 is 0 Å². The summed E-state index contributed by atoms with van der Waals surface area (Å²) in [6, 6.07) is 0. The number of hydrogen-bond donors (Lipinski definition) is 2. The molecular formula is C6H10O3S2. The zero-order valence-electron chi connectivity index (χ0n) is 6.11. The lowest BCUT2D eigenvalue weighted by molar-refractivity contribution is -0.140.